The molecule has 0 aliphatic carbocycles. The van der Waals surface area contributed by atoms with Crippen LogP contribution in [0.1, 0.15) is 13.8 Å². The van der Waals surface area contributed by atoms with Gasteiger partial charge in [0.25, 0.3) is 0 Å². The summed E-state index contributed by atoms with van der Waals surface area (Å²) in [7, 11) is 0. The van der Waals surface area contributed by atoms with Crippen molar-refractivity contribution >= 4 is 17.6 Å². The molecule has 0 radical (unpaired) electrons. The highest BCUT2D eigenvalue weighted by Crippen LogP contribution is 1.78. The number of carboxylic acids is 1. The molecule has 0 saturated carbocycles. The third-order valence-corrected chi connectivity index (χ3v) is 0.508. The molecule has 0 heterocycles. The highest BCUT2D eigenvalue weighted by Gasteiger charge is 2.07. The summed E-state index contributed by atoms with van der Waals surface area (Å²) >= 11 is 0. The largest absolute Gasteiger partial charge is 0.474 e. The average Bonchev–Trinajstić information content (AvgIpc) is 1.63. The first-order valence-corrected chi connectivity index (χ1v) is 2.33. The number of hydrogen-bond donors (Lipinski definition) is 1. The first-order chi connectivity index (χ1) is 4.04. The molecule has 0 atom stereocenters. The molecule has 0 aromatic carbocycles. The second-order valence-electron chi connectivity index (χ2n) is 1.67. The summed E-state index contributed by atoms with van der Waals surface area (Å²) in [5.74, 6) is -2.63. The van der Waals surface area contributed by atoms with Gasteiger partial charge in [-0.1, -0.05) is 0 Å². The van der Waals surface area contributed by atoms with Crippen LogP contribution in [0.4, 0.5) is 0 Å². The van der Waals surface area contributed by atoms with Gasteiger partial charge in [-0.2, -0.15) is 0 Å². The molecule has 0 unspecified atom stereocenters. The highest BCUT2D eigenvalue weighted by molar-refractivity contribution is 6.33. The molecule has 0 aromatic heterocycles. The van der Waals surface area contributed by atoms with E-state index in [1.807, 2.05) is 0 Å². The molecule has 1 N–H and O–H groups in total. The SMILES string of the molecule is CC(C)=NC(=O)C(=O)O. The maximum absolute atomic E-state index is 10.2. The van der Waals surface area contributed by atoms with Gasteiger partial charge in [0.05, 0.1) is 0 Å². The maximum atomic E-state index is 10.2. The van der Waals surface area contributed by atoms with E-state index in [0.29, 0.717) is 5.71 Å². The number of amides is 1. The predicted octanol–water partition coefficient (Wildman–Crippen LogP) is 0.0784. The van der Waals surface area contributed by atoms with Crippen LogP contribution < -0.4 is 0 Å². The lowest BCUT2D eigenvalue weighted by Gasteiger charge is -1.84. The lowest BCUT2D eigenvalue weighted by atomic mass is 10.5. The van der Waals surface area contributed by atoms with Crippen molar-refractivity contribution in [2.75, 3.05) is 0 Å². The van der Waals surface area contributed by atoms with Crippen LogP contribution in [0.25, 0.3) is 0 Å². The van der Waals surface area contributed by atoms with Gasteiger partial charge in [-0.15, -0.1) is 0 Å². The number of carboxylic acid groups (broad SMARTS) is 1. The molecule has 0 aliphatic heterocycles. The molecule has 50 valence electrons. The Labute approximate surface area is 52.2 Å². The normalized spacial score (nSPS) is 8.22. The van der Waals surface area contributed by atoms with Crippen LogP contribution >= 0.6 is 0 Å². The molecule has 0 spiro atoms. The van der Waals surface area contributed by atoms with Crippen LogP contribution in [-0.2, 0) is 9.59 Å². The Balaban J connectivity index is 4.09. The van der Waals surface area contributed by atoms with Crippen molar-refractivity contribution in [3.63, 3.8) is 0 Å². The van der Waals surface area contributed by atoms with Crippen LogP contribution in [0.5, 0.6) is 0 Å². The first-order valence-electron chi connectivity index (χ1n) is 2.33. The molecule has 9 heavy (non-hydrogen) atoms. The van der Waals surface area contributed by atoms with E-state index in [2.05, 4.69) is 4.99 Å². The van der Waals surface area contributed by atoms with E-state index in [1.165, 1.54) is 0 Å². The lowest BCUT2D eigenvalue weighted by Crippen LogP contribution is -2.10. The molecule has 0 rings (SSSR count). The standard InChI is InChI=1S/C5H7NO3/c1-3(2)6-4(7)5(8)9/h1-2H3,(H,8,9). The minimum atomic E-state index is -1.52. The molecule has 0 fully saturated rings. The van der Waals surface area contributed by atoms with Gasteiger partial charge in [0.1, 0.15) is 0 Å². The van der Waals surface area contributed by atoms with Crippen molar-refractivity contribution in [3.8, 4) is 0 Å². The number of carbonyl (C=O) groups is 2. The number of carbonyl (C=O) groups excluding carboxylic acids is 1. The van der Waals surface area contributed by atoms with Gasteiger partial charge in [0, 0.05) is 5.71 Å². The summed E-state index contributed by atoms with van der Waals surface area (Å²) in [5, 5.41) is 7.97. The van der Waals surface area contributed by atoms with Gasteiger partial charge >= 0.3 is 11.9 Å². The van der Waals surface area contributed by atoms with Gasteiger partial charge in [-0.25, -0.2) is 9.79 Å². The summed E-state index contributed by atoms with van der Waals surface area (Å²) < 4.78 is 0. The van der Waals surface area contributed by atoms with Crippen molar-refractivity contribution in [2.45, 2.75) is 13.8 Å². The van der Waals surface area contributed by atoms with Gasteiger partial charge in [0.15, 0.2) is 0 Å². The fourth-order valence-corrected chi connectivity index (χ4v) is 0.251. The molecule has 0 aliphatic rings. The second-order valence-corrected chi connectivity index (χ2v) is 1.67. The topological polar surface area (TPSA) is 66.7 Å². The third-order valence-electron chi connectivity index (χ3n) is 0.508. The average molecular weight is 129 g/mol. The van der Waals surface area contributed by atoms with Gasteiger partial charge in [-0.05, 0) is 13.8 Å². The zero-order valence-electron chi connectivity index (χ0n) is 5.21. The maximum Gasteiger partial charge on any atom is 0.396 e. The molecule has 0 aromatic rings. The van der Waals surface area contributed by atoms with Crippen LogP contribution in [0.15, 0.2) is 4.99 Å². The Bertz CT molecular complexity index is 167. The third kappa shape index (κ3) is 3.40. The smallest absolute Gasteiger partial charge is 0.396 e. The Morgan fingerprint density at radius 3 is 1.89 bits per heavy atom. The number of aliphatic carboxylic acids is 1. The zero-order chi connectivity index (χ0) is 7.44. The Morgan fingerprint density at radius 1 is 1.33 bits per heavy atom. The van der Waals surface area contributed by atoms with E-state index in [-0.39, 0.29) is 0 Å². The van der Waals surface area contributed by atoms with Crippen LogP contribution in [-0.4, -0.2) is 22.7 Å². The highest BCUT2D eigenvalue weighted by atomic mass is 16.4. The number of nitrogens with zero attached hydrogens (tertiary/aromatic N) is 1. The number of rotatable bonds is 0. The Hall–Kier alpha value is -1.19. The minimum absolute atomic E-state index is 0.447. The Kier molecular flexibility index (Phi) is 2.57. The first kappa shape index (κ1) is 7.81. The number of hydrogen-bond acceptors (Lipinski definition) is 2. The van der Waals surface area contributed by atoms with Crippen molar-refractivity contribution in [1.29, 1.82) is 0 Å². The van der Waals surface area contributed by atoms with Gasteiger partial charge < -0.3 is 5.11 Å². The fraction of sp³-hybridized carbons (Fsp3) is 0.400. The van der Waals surface area contributed by atoms with E-state index in [4.69, 9.17) is 5.11 Å². The van der Waals surface area contributed by atoms with E-state index in [0.717, 1.165) is 0 Å². The molecule has 4 nitrogen and oxygen atoms in total. The summed E-state index contributed by atoms with van der Waals surface area (Å²) in [6.07, 6.45) is 0. The van der Waals surface area contributed by atoms with Crippen molar-refractivity contribution in [1.82, 2.24) is 0 Å². The molecular weight excluding hydrogens is 122 g/mol. The minimum Gasteiger partial charge on any atom is -0.474 e. The van der Waals surface area contributed by atoms with Crippen LogP contribution in [0.2, 0.25) is 0 Å². The summed E-state index contributed by atoms with van der Waals surface area (Å²) in [6.45, 7) is 3.11. The summed E-state index contributed by atoms with van der Waals surface area (Å²) in [5.41, 5.74) is 0.447. The zero-order valence-corrected chi connectivity index (χ0v) is 5.21. The second kappa shape index (κ2) is 2.96. The quantitative estimate of drug-likeness (QED) is 0.372. The molecule has 0 saturated heterocycles. The molecule has 4 heteroatoms. The van der Waals surface area contributed by atoms with Crippen molar-refractivity contribution in [3.05, 3.63) is 0 Å². The monoisotopic (exact) mass is 129 g/mol. The Morgan fingerprint density at radius 2 is 1.78 bits per heavy atom. The van der Waals surface area contributed by atoms with E-state index in [9.17, 15) is 9.59 Å². The molecule has 0 bridgehead atoms. The lowest BCUT2D eigenvalue weighted by molar-refractivity contribution is -0.148. The van der Waals surface area contributed by atoms with E-state index < -0.39 is 11.9 Å². The van der Waals surface area contributed by atoms with E-state index in [1.54, 1.807) is 13.8 Å². The predicted molar refractivity (Wildman–Crippen MR) is 31.4 cm³/mol. The summed E-state index contributed by atoms with van der Waals surface area (Å²) in [6, 6.07) is 0. The van der Waals surface area contributed by atoms with Crippen molar-refractivity contribution < 1.29 is 14.7 Å². The van der Waals surface area contributed by atoms with E-state index >= 15 is 0 Å². The van der Waals surface area contributed by atoms with Gasteiger partial charge in [-0.3, -0.25) is 4.79 Å². The number of aliphatic imine (C=N–C) groups is 1. The van der Waals surface area contributed by atoms with Crippen molar-refractivity contribution in [2.24, 2.45) is 4.99 Å². The van der Waals surface area contributed by atoms with Crippen LogP contribution in [0, 0.1) is 0 Å². The molecule has 1 amide bonds. The fourth-order valence-electron chi connectivity index (χ4n) is 0.251. The van der Waals surface area contributed by atoms with Gasteiger partial charge in [0.2, 0.25) is 0 Å². The summed E-state index contributed by atoms with van der Waals surface area (Å²) in [4.78, 5) is 23.1. The van der Waals surface area contributed by atoms with Crippen LogP contribution in [0.3, 0.4) is 0 Å². The molecular formula is C5H7NO3.